The molecular formula is C25H26FN5O. The number of ether oxygens (including phenoxy) is 1. The zero-order chi connectivity index (χ0) is 22.0. The lowest BCUT2D eigenvalue weighted by Gasteiger charge is -2.54. The van der Waals surface area contributed by atoms with E-state index >= 15 is 4.39 Å². The average Bonchev–Trinajstić information content (AvgIpc) is 3.31. The first-order valence-corrected chi connectivity index (χ1v) is 11.0. The maximum Gasteiger partial charge on any atom is 0.136 e. The van der Waals surface area contributed by atoms with Gasteiger partial charge in [0.15, 0.2) is 0 Å². The van der Waals surface area contributed by atoms with E-state index in [1.807, 2.05) is 12.3 Å². The number of rotatable bonds is 4. The summed E-state index contributed by atoms with van der Waals surface area (Å²) in [5.74, 6) is 1.58. The summed E-state index contributed by atoms with van der Waals surface area (Å²) >= 11 is 0. The Morgan fingerprint density at radius 2 is 2.00 bits per heavy atom. The van der Waals surface area contributed by atoms with Gasteiger partial charge in [-0.2, -0.15) is 5.10 Å². The first-order valence-electron chi connectivity index (χ1n) is 11.0. The Kier molecular flexibility index (Phi) is 4.21. The van der Waals surface area contributed by atoms with Crippen molar-refractivity contribution in [2.24, 2.45) is 12.5 Å². The van der Waals surface area contributed by atoms with Crippen LogP contribution >= 0.6 is 0 Å². The van der Waals surface area contributed by atoms with Gasteiger partial charge in [-0.05, 0) is 48.9 Å². The molecule has 2 aromatic carbocycles. The molecule has 2 N–H and O–H groups in total. The van der Waals surface area contributed by atoms with Crippen molar-refractivity contribution in [3.63, 3.8) is 0 Å². The number of methoxy groups -OCH3 is 1. The maximum atomic E-state index is 15.2. The van der Waals surface area contributed by atoms with E-state index in [0.717, 1.165) is 59.5 Å². The Balaban J connectivity index is 1.57. The lowest BCUT2D eigenvalue weighted by molar-refractivity contribution is 0.0321. The molecule has 3 heterocycles. The van der Waals surface area contributed by atoms with Crippen molar-refractivity contribution >= 4 is 10.9 Å². The van der Waals surface area contributed by atoms with Crippen LogP contribution in [0, 0.1) is 18.2 Å². The van der Waals surface area contributed by atoms with Gasteiger partial charge in [0, 0.05) is 48.6 Å². The summed E-state index contributed by atoms with van der Waals surface area (Å²) < 4.78 is 22.6. The number of nitrogens with one attached hydrogen (secondary N) is 2. The molecule has 164 valence electrons. The Labute approximate surface area is 185 Å². The number of aryl methyl sites for hydroxylation is 1. The lowest BCUT2D eigenvalue weighted by atomic mass is 9.58. The monoisotopic (exact) mass is 431 g/mol. The normalized spacial score (nSPS) is 17.5. The predicted molar refractivity (Wildman–Crippen MR) is 122 cm³/mol. The van der Waals surface area contributed by atoms with E-state index in [2.05, 4.69) is 40.1 Å². The van der Waals surface area contributed by atoms with Gasteiger partial charge in [-0.15, -0.1) is 0 Å². The molecule has 4 aromatic rings. The first-order chi connectivity index (χ1) is 15.5. The Bertz CT molecular complexity index is 1340. The molecule has 6 nitrogen and oxygen atoms in total. The molecule has 1 aliphatic heterocycles. The smallest absolute Gasteiger partial charge is 0.136 e. The summed E-state index contributed by atoms with van der Waals surface area (Å²) in [7, 11) is 3.61. The summed E-state index contributed by atoms with van der Waals surface area (Å²) in [4.78, 5) is 5.08. The van der Waals surface area contributed by atoms with Crippen LogP contribution in [0.25, 0.3) is 33.4 Å². The van der Waals surface area contributed by atoms with Crippen LogP contribution in [0.4, 0.5) is 4.39 Å². The molecule has 2 aromatic heterocycles. The second kappa shape index (κ2) is 6.90. The zero-order valence-electron chi connectivity index (χ0n) is 18.5. The van der Waals surface area contributed by atoms with Gasteiger partial charge >= 0.3 is 0 Å². The molecule has 6 rings (SSSR count). The van der Waals surface area contributed by atoms with Crippen LogP contribution < -0.4 is 10.1 Å². The van der Waals surface area contributed by atoms with Gasteiger partial charge in [-0.3, -0.25) is 5.10 Å². The number of benzene rings is 2. The van der Waals surface area contributed by atoms with Crippen molar-refractivity contribution in [2.75, 3.05) is 20.2 Å². The third-order valence-corrected chi connectivity index (χ3v) is 7.35. The number of aromatic amines is 1. The Morgan fingerprint density at radius 3 is 2.69 bits per heavy atom. The summed E-state index contributed by atoms with van der Waals surface area (Å²) in [5.41, 5.74) is 5.63. The van der Waals surface area contributed by atoms with Crippen LogP contribution in [-0.4, -0.2) is 39.9 Å². The van der Waals surface area contributed by atoms with Crippen molar-refractivity contribution in [2.45, 2.75) is 25.7 Å². The fraction of sp³-hybridized carbons (Fsp3) is 0.360. The fourth-order valence-electron chi connectivity index (χ4n) is 5.55. The van der Waals surface area contributed by atoms with Crippen molar-refractivity contribution in [1.29, 1.82) is 0 Å². The lowest BCUT2D eigenvalue weighted by Crippen LogP contribution is -2.59. The Morgan fingerprint density at radius 1 is 1.19 bits per heavy atom. The minimum absolute atomic E-state index is 0.333. The van der Waals surface area contributed by atoms with Gasteiger partial charge in [0.25, 0.3) is 0 Å². The van der Waals surface area contributed by atoms with Crippen LogP contribution in [0.15, 0.2) is 36.5 Å². The standard InChI is InChI=1S/C25H26FN5O/c1-14-4-7-20-18(11-28-30-20)21(14)23-22(17-6-5-16(32-3)8-19(17)26)29-24(31(23)2)15-9-25(10-15)12-27-13-25/h4-8,11,15,27H,9-10,12-13H2,1-3H3,(H,28,30). The van der Waals surface area contributed by atoms with Gasteiger partial charge in [-0.1, -0.05) is 6.07 Å². The van der Waals surface area contributed by atoms with Crippen molar-refractivity contribution in [3.8, 4) is 28.3 Å². The molecular weight excluding hydrogens is 405 g/mol. The van der Waals surface area contributed by atoms with E-state index < -0.39 is 0 Å². The highest BCUT2D eigenvalue weighted by atomic mass is 19.1. The molecule has 32 heavy (non-hydrogen) atoms. The van der Waals surface area contributed by atoms with Gasteiger partial charge in [0.2, 0.25) is 0 Å². The SMILES string of the molecule is COc1ccc(-c2nc(C3CC4(CNC4)C3)n(C)c2-c2c(C)ccc3[nH]ncc23)c(F)c1. The largest absolute Gasteiger partial charge is 0.497 e. The van der Waals surface area contributed by atoms with Gasteiger partial charge in [-0.25, -0.2) is 9.37 Å². The molecule has 0 unspecified atom stereocenters. The Hall–Kier alpha value is -3.19. The van der Waals surface area contributed by atoms with E-state index in [1.54, 1.807) is 19.2 Å². The molecule has 0 atom stereocenters. The molecule has 1 saturated carbocycles. The number of imidazole rings is 1. The second-order valence-corrected chi connectivity index (χ2v) is 9.37. The van der Waals surface area contributed by atoms with Crippen molar-refractivity contribution in [1.82, 2.24) is 25.1 Å². The highest BCUT2D eigenvalue weighted by Crippen LogP contribution is 2.54. The van der Waals surface area contributed by atoms with E-state index in [0.29, 0.717) is 28.3 Å². The summed E-state index contributed by atoms with van der Waals surface area (Å²) in [6.45, 7) is 4.27. The first kappa shape index (κ1) is 19.5. The minimum atomic E-state index is -0.333. The molecule has 1 spiro atoms. The van der Waals surface area contributed by atoms with Crippen molar-refractivity contribution < 1.29 is 9.13 Å². The highest BCUT2D eigenvalue weighted by Gasteiger charge is 2.50. The number of H-pyrrole nitrogens is 1. The van der Waals surface area contributed by atoms with E-state index in [-0.39, 0.29) is 5.82 Å². The summed E-state index contributed by atoms with van der Waals surface area (Å²) in [5, 5.41) is 11.7. The van der Waals surface area contributed by atoms with Crippen LogP contribution in [0.5, 0.6) is 5.75 Å². The number of halogens is 1. The molecule has 1 saturated heterocycles. The average molecular weight is 432 g/mol. The quantitative estimate of drug-likeness (QED) is 0.497. The molecule has 0 bridgehead atoms. The fourth-order valence-corrected chi connectivity index (χ4v) is 5.55. The number of hydrogen-bond donors (Lipinski definition) is 2. The van der Waals surface area contributed by atoms with Gasteiger partial charge in [0.05, 0.1) is 30.2 Å². The predicted octanol–water partition coefficient (Wildman–Crippen LogP) is 4.55. The second-order valence-electron chi connectivity index (χ2n) is 9.37. The number of nitrogens with zero attached hydrogens (tertiary/aromatic N) is 3. The summed E-state index contributed by atoms with van der Waals surface area (Å²) in [6.07, 6.45) is 4.10. The maximum absolute atomic E-state index is 15.2. The molecule has 1 aliphatic carbocycles. The van der Waals surface area contributed by atoms with E-state index in [1.165, 1.54) is 6.07 Å². The summed E-state index contributed by atoms with van der Waals surface area (Å²) in [6, 6.07) is 9.10. The van der Waals surface area contributed by atoms with Crippen LogP contribution in [0.2, 0.25) is 0 Å². The number of hydrogen-bond acceptors (Lipinski definition) is 4. The number of fused-ring (bicyclic) bond motifs is 1. The molecule has 2 aliphatic rings. The molecule has 7 heteroatoms. The zero-order valence-corrected chi connectivity index (χ0v) is 18.5. The molecule has 2 fully saturated rings. The third-order valence-electron chi connectivity index (χ3n) is 7.35. The number of aromatic nitrogens is 4. The van der Waals surface area contributed by atoms with Crippen LogP contribution in [-0.2, 0) is 7.05 Å². The van der Waals surface area contributed by atoms with Crippen molar-refractivity contribution in [3.05, 3.63) is 53.7 Å². The third kappa shape index (κ3) is 2.73. The van der Waals surface area contributed by atoms with Crippen LogP contribution in [0.3, 0.4) is 0 Å². The topological polar surface area (TPSA) is 67.8 Å². The van der Waals surface area contributed by atoms with Gasteiger partial charge in [0.1, 0.15) is 17.4 Å². The van der Waals surface area contributed by atoms with Gasteiger partial charge < -0.3 is 14.6 Å². The molecule has 0 radical (unpaired) electrons. The van der Waals surface area contributed by atoms with E-state index in [4.69, 9.17) is 9.72 Å². The van der Waals surface area contributed by atoms with E-state index in [9.17, 15) is 0 Å². The van der Waals surface area contributed by atoms with Crippen LogP contribution in [0.1, 0.15) is 30.1 Å². The minimum Gasteiger partial charge on any atom is -0.497 e. The highest BCUT2D eigenvalue weighted by molar-refractivity contribution is 5.98. The molecule has 0 amide bonds.